The number of nitrogens with zero attached hydrogens (tertiary/aromatic N) is 4. The molecule has 0 aliphatic heterocycles. The quantitative estimate of drug-likeness (QED) is 0.411. The molecule has 29 heavy (non-hydrogen) atoms. The normalized spacial score (nSPS) is 11.1. The predicted octanol–water partition coefficient (Wildman–Crippen LogP) is 5.57. The molecule has 1 aromatic carbocycles. The molecule has 0 atom stereocenters. The van der Waals surface area contributed by atoms with Crippen molar-refractivity contribution in [3.63, 3.8) is 0 Å². The van der Waals surface area contributed by atoms with Crippen LogP contribution < -0.4 is 0 Å². The highest BCUT2D eigenvalue weighted by atomic mass is 19.1. The maximum Gasteiger partial charge on any atom is 0.137 e. The van der Waals surface area contributed by atoms with Crippen molar-refractivity contribution in [2.45, 2.75) is 6.92 Å². The highest BCUT2D eigenvalue weighted by Crippen LogP contribution is 2.28. The van der Waals surface area contributed by atoms with E-state index in [1.54, 1.807) is 18.3 Å². The number of pyridine rings is 3. The Hall–Kier alpha value is -3.86. The minimum atomic E-state index is -0.286. The Bertz CT molecular complexity index is 1320. The van der Waals surface area contributed by atoms with Gasteiger partial charge in [-0.25, -0.2) is 9.37 Å². The van der Waals surface area contributed by atoms with E-state index >= 15 is 0 Å². The van der Waals surface area contributed by atoms with Crippen molar-refractivity contribution < 1.29 is 4.39 Å². The Balaban J connectivity index is 1.57. The molecular weight excluding hydrogens is 363 g/mol. The third kappa shape index (κ3) is 3.17. The van der Waals surface area contributed by atoms with Crippen molar-refractivity contribution >= 4 is 5.65 Å². The number of hydrogen-bond donors (Lipinski definition) is 0. The molecule has 0 aliphatic carbocycles. The molecule has 0 saturated carbocycles. The highest BCUT2D eigenvalue weighted by Gasteiger charge is 2.11. The third-order valence-corrected chi connectivity index (χ3v) is 4.96. The van der Waals surface area contributed by atoms with Gasteiger partial charge in [-0.05, 0) is 55.0 Å². The second-order valence-electron chi connectivity index (χ2n) is 6.88. The number of imidazole rings is 1. The van der Waals surface area contributed by atoms with E-state index in [4.69, 9.17) is 0 Å². The molecule has 4 nitrogen and oxygen atoms in total. The maximum atomic E-state index is 14.2. The first kappa shape index (κ1) is 17.3. The molecule has 0 bridgehead atoms. The van der Waals surface area contributed by atoms with Gasteiger partial charge in [0.25, 0.3) is 0 Å². The van der Waals surface area contributed by atoms with Gasteiger partial charge in [-0.1, -0.05) is 18.2 Å². The molecular formula is C24H17FN4. The maximum absolute atomic E-state index is 14.2. The van der Waals surface area contributed by atoms with Gasteiger partial charge in [-0.3, -0.25) is 14.4 Å². The average Bonchev–Trinajstić information content (AvgIpc) is 3.18. The van der Waals surface area contributed by atoms with Gasteiger partial charge in [0.2, 0.25) is 0 Å². The Morgan fingerprint density at radius 1 is 0.793 bits per heavy atom. The molecule has 5 rings (SSSR count). The zero-order valence-electron chi connectivity index (χ0n) is 15.7. The summed E-state index contributed by atoms with van der Waals surface area (Å²) in [6, 6.07) is 18.6. The molecule has 4 heterocycles. The van der Waals surface area contributed by atoms with Crippen molar-refractivity contribution in [1.29, 1.82) is 0 Å². The van der Waals surface area contributed by atoms with Gasteiger partial charge in [0, 0.05) is 41.0 Å². The monoisotopic (exact) mass is 380 g/mol. The first-order valence-corrected chi connectivity index (χ1v) is 9.30. The molecule has 0 aliphatic rings. The van der Waals surface area contributed by atoms with Gasteiger partial charge in [0.05, 0.1) is 17.6 Å². The number of rotatable bonds is 3. The molecule has 0 spiro atoms. The lowest BCUT2D eigenvalue weighted by Gasteiger charge is -2.07. The van der Waals surface area contributed by atoms with Crippen molar-refractivity contribution in [2.24, 2.45) is 0 Å². The number of aromatic nitrogens is 4. The smallest absolute Gasteiger partial charge is 0.137 e. The van der Waals surface area contributed by atoms with Crippen LogP contribution in [0.2, 0.25) is 0 Å². The lowest BCUT2D eigenvalue weighted by Crippen LogP contribution is -1.92. The zero-order valence-corrected chi connectivity index (χ0v) is 15.7. The van der Waals surface area contributed by atoms with Gasteiger partial charge >= 0.3 is 0 Å². The standard InChI is InChI=1S/C24H17FN4/c1-16-6-7-19(14-27-16)17-9-11-29-23(15-28-24(29)13-17)18-8-10-26-22(12-18)20-4-2-3-5-21(20)25/h2-15H,1H3. The number of halogens is 1. The predicted molar refractivity (Wildman–Crippen MR) is 112 cm³/mol. The van der Waals surface area contributed by atoms with Gasteiger partial charge in [-0.15, -0.1) is 0 Å². The number of fused-ring (bicyclic) bond motifs is 1. The number of hydrogen-bond acceptors (Lipinski definition) is 3. The Morgan fingerprint density at radius 2 is 1.69 bits per heavy atom. The van der Waals surface area contributed by atoms with E-state index in [2.05, 4.69) is 21.0 Å². The Morgan fingerprint density at radius 3 is 2.52 bits per heavy atom. The first-order chi connectivity index (χ1) is 14.2. The summed E-state index contributed by atoms with van der Waals surface area (Å²) in [6.45, 7) is 1.97. The molecule has 0 fully saturated rings. The van der Waals surface area contributed by atoms with Crippen molar-refractivity contribution in [2.75, 3.05) is 0 Å². The van der Waals surface area contributed by atoms with Crippen LogP contribution in [0.25, 0.3) is 39.3 Å². The minimum absolute atomic E-state index is 0.286. The van der Waals surface area contributed by atoms with Crippen LogP contribution in [-0.2, 0) is 0 Å². The van der Waals surface area contributed by atoms with E-state index in [1.165, 1.54) is 6.07 Å². The van der Waals surface area contributed by atoms with Crippen molar-refractivity contribution in [1.82, 2.24) is 19.4 Å². The van der Waals surface area contributed by atoms with Gasteiger partial charge in [0.15, 0.2) is 0 Å². The molecule has 5 heteroatoms. The van der Waals surface area contributed by atoms with E-state index in [-0.39, 0.29) is 5.82 Å². The van der Waals surface area contributed by atoms with E-state index in [9.17, 15) is 4.39 Å². The van der Waals surface area contributed by atoms with Gasteiger partial charge in [-0.2, -0.15) is 0 Å². The minimum Gasteiger partial charge on any atom is -0.300 e. The molecule has 0 unspecified atom stereocenters. The van der Waals surface area contributed by atoms with E-state index in [0.29, 0.717) is 11.3 Å². The van der Waals surface area contributed by atoms with Gasteiger partial charge < -0.3 is 0 Å². The summed E-state index contributed by atoms with van der Waals surface area (Å²) in [7, 11) is 0. The second kappa shape index (κ2) is 6.95. The van der Waals surface area contributed by atoms with Crippen LogP contribution in [0, 0.1) is 12.7 Å². The molecule has 0 N–H and O–H groups in total. The molecule has 140 valence electrons. The lowest BCUT2D eigenvalue weighted by molar-refractivity contribution is 0.631. The molecule has 0 saturated heterocycles. The Kier molecular flexibility index (Phi) is 4.13. The molecule has 0 radical (unpaired) electrons. The number of aryl methyl sites for hydroxylation is 1. The molecule has 0 amide bonds. The zero-order chi connectivity index (χ0) is 19.8. The van der Waals surface area contributed by atoms with E-state index < -0.39 is 0 Å². The summed E-state index contributed by atoms with van der Waals surface area (Å²) in [5, 5.41) is 0. The van der Waals surface area contributed by atoms with Gasteiger partial charge in [0.1, 0.15) is 11.5 Å². The summed E-state index contributed by atoms with van der Waals surface area (Å²) < 4.78 is 16.2. The van der Waals surface area contributed by atoms with Crippen LogP contribution in [0.15, 0.2) is 85.5 Å². The summed E-state index contributed by atoms with van der Waals surface area (Å²) in [6.07, 6.45) is 7.39. The summed E-state index contributed by atoms with van der Waals surface area (Å²) >= 11 is 0. The van der Waals surface area contributed by atoms with E-state index in [1.807, 2.05) is 66.3 Å². The topological polar surface area (TPSA) is 43.1 Å². The fraction of sp³-hybridized carbons (Fsp3) is 0.0417. The van der Waals surface area contributed by atoms with E-state index in [0.717, 1.165) is 33.7 Å². The third-order valence-electron chi connectivity index (χ3n) is 4.96. The van der Waals surface area contributed by atoms with Crippen LogP contribution in [0.1, 0.15) is 5.69 Å². The SMILES string of the molecule is Cc1ccc(-c2ccn3c(-c4ccnc(-c5ccccc5F)c4)cnc3c2)cn1. The largest absolute Gasteiger partial charge is 0.300 e. The highest BCUT2D eigenvalue weighted by molar-refractivity contribution is 5.73. The van der Waals surface area contributed by atoms with Crippen LogP contribution in [-0.4, -0.2) is 19.4 Å². The lowest BCUT2D eigenvalue weighted by atomic mass is 10.1. The summed E-state index contributed by atoms with van der Waals surface area (Å²) in [4.78, 5) is 13.3. The van der Waals surface area contributed by atoms with Crippen molar-refractivity contribution in [3.8, 4) is 33.6 Å². The summed E-state index contributed by atoms with van der Waals surface area (Å²) in [5.41, 5.74) is 6.86. The first-order valence-electron chi connectivity index (χ1n) is 9.30. The average molecular weight is 380 g/mol. The fourth-order valence-electron chi connectivity index (χ4n) is 3.42. The van der Waals surface area contributed by atoms with Crippen molar-refractivity contribution in [3.05, 3.63) is 97.0 Å². The molecule has 5 aromatic rings. The fourth-order valence-corrected chi connectivity index (χ4v) is 3.42. The van der Waals surface area contributed by atoms with Crippen LogP contribution in [0.5, 0.6) is 0 Å². The van der Waals surface area contributed by atoms with Crippen LogP contribution in [0.3, 0.4) is 0 Å². The molecule has 4 aromatic heterocycles. The second-order valence-corrected chi connectivity index (χ2v) is 6.88. The summed E-state index contributed by atoms with van der Waals surface area (Å²) in [5.74, 6) is -0.286. The Labute approximate surface area is 167 Å². The van der Waals surface area contributed by atoms with Crippen LogP contribution in [0.4, 0.5) is 4.39 Å². The van der Waals surface area contributed by atoms with Crippen LogP contribution >= 0.6 is 0 Å². The number of benzene rings is 1.